The molecular formula is C18H22ClNO3. The Labute approximate surface area is 142 Å². The normalized spacial score (nSPS) is 10.4. The number of aryl methyl sites for hydroxylation is 1. The summed E-state index contributed by atoms with van der Waals surface area (Å²) in [6.45, 7) is 5.78. The first-order valence-electron chi connectivity index (χ1n) is 7.61. The molecule has 0 radical (unpaired) electrons. The second-order valence-electron chi connectivity index (χ2n) is 5.03. The summed E-state index contributed by atoms with van der Waals surface area (Å²) in [6.07, 6.45) is 0. The fraction of sp³-hybridized carbons (Fsp3) is 0.333. The van der Waals surface area contributed by atoms with E-state index in [1.807, 2.05) is 50.2 Å². The number of hydrogen-bond donors (Lipinski definition) is 1. The lowest BCUT2D eigenvalue weighted by Crippen LogP contribution is -2.10. The molecule has 0 bridgehead atoms. The van der Waals surface area contributed by atoms with E-state index in [0.29, 0.717) is 37.9 Å². The van der Waals surface area contributed by atoms with Crippen LogP contribution in [0.3, 0.4) is 0 Å². The zero-order valence-electron chi connectivity index (χ0n) is 13.5. The molecule has 124 valence electrons. The highest BCUT2D eigenvalue weighted by atomic mass is 35.5. The van der Waals surface area contributed by atoms with Gasteiger partial charge < -0.3 is 19.9 Å². The SMILES string of the molecule is CCOc1cc(CN)ccc1OCCOc1ccc(Cl)c(C)c1. The van der Waals surface area contributed by atoms with E-state index in [0.717, 1.165) is 21.9 Å². The van der Waals surface area contributed by atoms with Crippen LogP contribution in [0.15, 0.2) is 36.4 Å². The van der Waals surface area contributed by atoms with Gasteiger partial charge in [-0.3, -0.25) is 0 Å². The zero-order chi connectivity index (χ0) is 16.7. The van der Waals surface area contributed by atoms with E-state index in [-0.39, 0.29) is 0 Å². The molecule has 0 fully saturated rings. The first kappa shape index (κ1) is 17.4. The highest BCUT2D eigenvalue weighted by molar-refractivity contribution is 6.31. The number of benzene rings is 2. The molecule has 0 aromatic heterocycles. The summed E-state index contributed by atoms with van der Waals surface area (Å²) in [7, 11) is 0. The van der Waals surface area contributed by atoms with Crippen LogP contribution < -0.4 is 19.9 Å². The molecule has 0 saturated carbocycles. The minimum atomic E-state index is 0.420. The maximum absolute atomic E-state index is 5.99. The van der Waals surface area contributed by atoms with Crippen LogP contribution >= 0.6 is 11.6 Å². The molecule has 0 aliphatic rings. The first-order valence-corrected chi connectivity index (χ1v) is 7.99. The molecule has 0 heterocycles. The Bertz CT molecular complexity index is 646. The van der Waals surface area contributed by atoms with E-state index < -0.39 is 0 Å². The third kappa shape index (κ3) is 5.05. The van der Waals surface area contributed by atoms with Gasteiger partial charge in [0.25, 0.3) is 0 Å². The molecule has 4 nitrogen and oxygen atoms in total. The van der Waals surface area contributed by atoms with Crippen molar-refractivity contribution in [3.05, 3.63) is 52.5 Å². The van der Waals surface area contributed by atoms with Gasteiger partial charge in [-0.2, -0.15) is 0 Å². The summed E-state index contributed by atoms with van der Waals surface area (Å²) in [5.74, 6) is 2.18. The van der Waals surface area contributed by atoms with Crippen molar-refractivity contribution in [3.8, 4) is 17.2 Å². The van der Waals surface area contributed by atoms with Gasteiger partial charge in [0.15, 0.2) is 11.5 Å². The molecular weight excluding hydrogens is 314 g/mol. The fourth-order valence-corrected chi connectivity index (χ4v) is 2.20. The summed E-state index contributed by atoms with van der Waals surface area (Å²) in [4.78, 5) is 0. The lowest BCUT2D eigenvalue weighted by atomic mass is 10.2. The van der Waals surface area contributed by atoms with Gasteiger partial charge in [-0.05, 0) is 55.3 Å². The van der Waals surface area contributed by atoms with Crippen molar-refractivity contribution in [3.63, 3.8) is 0 Å². The van der Waals surface area contributed by atoms with Gasteiger partial charge in [-0.15, -0.1) is 0 Å². The van der Waals surface area contributed by atoms with Crippen LogP contribution in [0, 0.1) is 6.92 Å². The van der Waals surface area contributed by atoms with Gasteiger partial charge in [-0.25, -0.2) is 0 Å². The molecule has 2 aromatic rings. The topological polar surface area (TPSA) is 53.7 Å². The summed E-state index contributed by atoms with van der Waals surface area (Å²) >= 11 is 5.99. The predicted molar refractivity (Wildman–Crippen MR) is 92.7 cm³/mol. The fourth-order valence-electron chi connectivity index (χ4n) is 2.09. The molecule has 5 heteroatoms. The largest absolute Gasteiger partial charge is 0.490 e. The summed E-state index contributed by atoms with van der Waals surface area (Å²) in [6, 6.07) is 11.3. The Hall–Kier alpha value is -1.91. The summed E-state index contributed by atoms with van der Waals surface area (Å²) in [5.41, 5.74) is 7.64. The van der Waals surface area contributed by atoms with E-state index in [9.17, 15) is 0 Å². The Kier molecular flexibility index (Phi) is 6.56. The van der Waals surface area contributed by atoms with E-state index >= 15 is 0 Å². The lowest BCUT2D eigenvalue weighted by Gasteiger charge is -2.13. The second kappa shape index (κ2) is 8.65. The average molecular weight is 336 g/mol. The second-order valence-corrected chi connectivity index (χ2v) is 5.43. The van der Waals surface area contributed by atoms with Crippen LogP contribution in [0.2, 0.25) is 5.02 Å². The maximum Gasteiger partial charge on any atom is 0.161 e. The van der Waals surface area contributed by atoms with E-state index in [2.05, 4.69) is 0 Å². The minimum absolute atomic E-state index is 0.420. The highest BCUT2D eigenvalue weighted by Gasteiger charge is 2.06. The molecule has 0 atom stereocenters. The smallest absolute Gasteiger partial charge is 0.161 e. The lowest BCUT2D eigenvalue weighted by molar-refractivity contribution is 0.208. The predicted octanol–water partition coefficient (Wildman–Crippen LogP) is 3.96. The third-order valence-electron chi connectivity index (χ3n) is 3.28. The number of nitrogens with two attached hydrogens (primary N) is 1. The quantitative estimate of drug-likeness (QED) is 0.742. The molecule has 0 amide bonds. The molecule has 23 heavy (non-hydrogen) atoms. The maximum atomic E-state index is 5.99. The van der Waals surface area contributed by atoms with Crippen molar-refractivity contribution < 1.29 is 14.2 Å². The zero-order valence-corrected chi connectivity index (χ0v) is 14.2. The molecule has 0 unspecified atom stereocenters. The van der Waals surface area contributed by atoms with Gasteiger partial charge >= 0.3 is 0 Å². The monoisotopic (exact) mass is 335 g/mol. The number of ether oxygens (including phenoxy) is 3. The number of hydrogen-bond acceptors (Lipinski definition) is 4. The Morgan fingerprint density at radius 2 is 1.74 bits per heavy atom. The Morgan fingerprint density at radius 1 is 0.957 bits per heavy atom. The third-order valence-corrected chi connectivity index (χ3v) is 3.71. The molecule has 0 aliphatic carbocycles. The van der Waals surface area contributed by atoms with Crippen LogP contribution in [-0.4, -0.2) is 19.8 Å². The molecule has 2 rings (SSSR count). The van der Waals surface area contributed by atoms with Gasteiger partial charge in [-0.1, -0.05) is 17.7 Å². The Balaban J connectivity index is 1.89. The van der Waals surface area contributed by atoms with Gasteiger partial charge in [0.2, 0.25) is 0 Å². The van der Waals surface area contributed by atoms with Gasteiger partial charge in [0.1, 0.15) is 19.0 Å². The summed E-state index contributed by atoms with van der Waals surface area (Å²) in [5, 5.41) is 0.731. The van der Waals surface area contributed by atoms with Crippen LogP contribution in [0.4, 0.5) is 0 Å². The van der Waals surface area contributed by atoms with Crippen molar-refractivity contribution in [2.75, 3.05) is 19.8 Å². The molecule has 0 spiro atoms. The molecule has 2 aromatic carbocycles. The van der Waals surface area contributed by atoms with E-state index in [1.165, 1.54) is 0 Å². The highest BCUT2D eigenvalue weighted by Crippen LogP contribution is 2.28. The van der Waals surface area contributed by atoms with E-state index in [4.69, 9.17) is 31.5 Å². The minimum Gasteiger partial charge on any atom is -0.490 e. The van der Waals surface area contributed by atoms with Crippen molar-refractivity contribution in [2.45, 2.75) is 20.4 Å². The standard InChI is InChI=1S/C18H22ClNO3/c1-3-21-18-11-14(12-20)4-7-17(18)23-9-8-22-15-5-6-16(19)13(2)10-15/h4-7,10-11H,3,8-9,12,20H2,1-2H3. The van der Waals surface area contributed by atoms with Crippen LogP contribution in [0.25, 0.3) is 0 Å². The average Bonchev–Trinajstić information content (AvgIpc) is 2.56. The van der Waals surface area contributed by atoms with E-state index in [1.54, 1.807) is 0 Å². The number of halogens is 1. The molecule has 0 saturated heterocycles. The van der Waals surface area contributed by atoms with Crippen molar-refractivity contribution >= 4 is 11.6 Å². The Morgan fingerprint density at radius 3 is 2.43 bits per heavy atom. The molecule has 2 N–H and O–H groups in total. The molecule has 0 aliphatic heterocycles. The van der Waals surface area contributed by atoms with Crippen molar-refractivity contribution in [1.29, 1.82) is 0 Å². The summed E-state index contributed by atoms with van der Waals surface area (Å²) < 4.78 is 17.0. The van der Waals surface area contributed by atoms with Crippen molar-refractivity contribution in [1.82, 2.24) is 0 Å². The van der Waals surface area contributed by atoms with Gasteiger partial charge in [0, 0.05) is 11.6 Å². The van der Waals surface area contributed by atoms with Crippen LogP contribution in [0.5, 0.6) is 17.2 Å². The first-order chi connectivity index (χ1) is 11.1. The van der Waals surface area contributed by atoms with Gasteiger partial charge in [0.05, 0.1) is 6.61 Å². The van der Waals surface area contributed by atoms with Crippen LogP contribution in [-0.2, 0) is 6.54 Å². The van der Waals surface area contributed by atoms with Crippen molar-refractivity contribution in [2.24, 2.45) is 5.73 Å². The number of rotatable bonds is 8. The van der Waals surface area contributed by atoms with Crippen LogP contribution in [0.1, 0.15) is 18.1 Å².